The van der Waals surface area contributed by atoms with Gasteiger partial charge in [-0.15, -0.1) is 11.3 Å². The number of ether oxygens (including phenoxy) is 1. The Hall–Kier alpha value is -2.29. The largest absolute Gasteiger partial charge is 0.462 e. The van der Waals surface area contributed by atoms with Crippen molar-refractivity contribution in [1.82, 2.24) is 4.98 Å². The molecule has 2 heterocycles. The summed E-state index contributed by atoms with van der Waals surface area (Å²) in [6, 6.07) is 9.66. The molecule has 0 aliphatic heterocycles. The minimum atomic E-state index is -0.457. The summed E-state index contributed by atoms with van der Waals surface area (Å²) < 4.78 is 19.0. The predicted octanol–water partition coefficient (Wildman–Crippen LogP) is 5.65. The van der Waals surface area contributed by atoms with Crippen molar-refractivity contribution in [3.05, 3.63) is 67.6 Å². The molecule has 0 saturated carbocycles. The highest BCUT2D eigenvalue weighted by atomic mass is 35.5. The van der Waals surface area contributed by atoms with Gasteiger partial charge in [0.05, 0.1) is 23.2 Å². The van der Waals surface area contributed by atoms with Crippen LogP contribution in [0.2, 0.25) is 4.34 Å². The molecule has 0 aliphatic rings. The average Bonchev–Trinajstić information content (AvgIpc) is 3.31. The Morgan fingerprint density at radius 3 is 2.53 bits per heavy atom. The van der Waals surface area contributed by atoms with Crippen LogP contribution in [0.3, 0.4) is 0 Å². The van der Waals surface area contributed by atoms with Gasteiger partial charge in [0.2, 0.25) is 5.91 Å². The molecule has 0 bridgehead atoms. The summed E-state index contributed by atoms with van der Waals surface area (Å²) in [4.78, 5) is 32.6. The maximum absolute atomic E-state index is 13.3. The number of carbonyl (C=O) groups is 2. The highest BCUT2D eigenvalue weighted by Crippen LogP contribution is 2.29. The van der Waals surface area contributed by atoms with Crippen molar-refractivity contribution in [2.45, 2.75) is 33.2 Å². The Kier molecular flexibility index (Phi) is 7.58. The van der Waals surface area contributed by atoms with Crippen molar-refractivity contribution in [3.63, 3.8) is 0 Å². The SMILES string of the molecule is CCOC(=O)c1sc(N(Cc2ccc(F)cc2)C(=O)CCc2ccc(Cl)s2)nc1C. The lowest BCUT2D eigenvalue weighted by molar-refractivity contribution is -0.118. The number of nitrogens with zero attached hydrogens (tertiary/aromatic N) is 2. The Morgan fingerprint density at radius 2 is 1.90 bits per heavy atom. The van der Waals surface area contributed by atoms with E-state index in [2.05, 4.69) is 4.98 Å². The highest BCUT2D eigenvalue weighted by molar-refractivity contribution is 7.17. The first-order chi connectivity index (χ1) is 14.4. The molecule has 0 aliphatic carbocycles. The lowest BCUT2D eigenvalue weighted by atomic mass is 10.2. The molecule has 9 heteroatoms. The number of halogens is 2. The summed E-state index contributed by atoms with van der Waals surface area (Å²) in [6.07, 6.45) is 0.802. The van der Waals surface area contributed by atoms with Gasteiger partial charge in [-0.3, -0.25) is 9.69 Å². The fourth-order valence-electron chi connectivity index (χ4n) is 2.77. The fourth-order valence-corrected chi connectivity index (χ4v) is 4.83. The number of thiophene rings is 1. The number of hydrogen-bond acceptors (Lipinski definition) is 6. The number of esters is 1. The van der Waals surface area contributed by atoms with E-state index in [1.807, 2.05) is 6.07 Å². The van der Waals surface area contributed by atoms with Gasteiger partial charge in [-0.1, -0.05) is 35.1 Å². The van der Waals surface area contributed by atoms with Crippen molar-refractivity contribution in [3.8, 4) is 0 Å². The second-order valence-electron chi connectivity index (χ2n) is 6.44. The van der Waals surface area contributed by atoms with Crippen LogP contribution in [0.4, 0.5) is 9.52 Å². The van der Waals surface area contributed by atoms with Gasteiger partial charge in [-0.05, 0) is 50.1 Å². The maximum atomic E-state index is 13.3. The molecule has 0 fully saturated rings. The minimum Gasteiger partial charge on any atom is -0.462 e. The van der Waals surface area contributed by atoms with Gasteiger partial charge in [-0.25, -0.2) is 14.2 Å². The summed E-state index contributed by atoms with van der Waals surface area (Å²) in [5, 5.41) is 0.411. The molecule has 158 valence electrons. The Morgan fingerprint density at radius 1 is 1.17 bits per heavy atom. The van der Waals surface area contributed by atoms with Crippen molar-refractivity contribution >= 4 is 51.3 Å². The van der Waals surface area contributed by atoms with Gasteiger partial charge in [0, 0.05) is 11.3 Å². The standard InChI is InChI=1S/C21H20ClFN2O3S2/c1-3-28-20(27)19-13(2)24-21(30-19)25(12-14-4-6-15(23)7-5-14)18(26)11-9-16-8-10-17(22)29-16/h4-8,10H,3,9,11-12H2,1-2H3. The molecule has 0 spiro atoms. The molecule has 0 N–H and O–H groups in total. The Balaban J connectivity index is 1.84. The molecule has 1 amide bonds. The molecule has 1 aromatic carbocycles. The van der Waals surface area contributed by atoms with Crippen molar-refractivity contribution < 1.29 is 18.7 Å². The molecule has 0 radical (unpaired) electrons. The first kappa shape index (κ1) is 22.4. The van der Waals surface area contributed by atoms with Gasteiger partial charge >= 0.3 is 5.97 Å². The zero-order valence-corrected chi connectivity index (χ0v) is 18.9. The zero-order valence-electron chi connectivity index (χ0n) is 16.5. The summed E-state index contributed by atoms with van der Waals surface area (Å²) in [5.74, 6) is -0.949. The van der Waals surface area contributed by atoms with Crippen molar-refractivity contribution in [1.29, 1.82) is 0 Å². The number of hydrogen-bond donors (Lipinski definition) is 0. The molecule has 0 saturated heterocycles. The zero-order chi connectivity index (χ0) is 21.7. The third-order valence-corrected chi connectivity index (χ3v) is 6.70. The van der Waals surface area contributed by atoms with Crippen molar-refractivity contribution in [2.75, 3.05) is 11.5 Å². The molecule has 2 aromatic heterocycles. The van der Waals surface area contributed by atoms with Gasteiger partial charge < -0.3 is 4.74 Å². The molecule has 3 rings (SSSR count). The first-order valence-electron chi connectivity index (χ1n) is 9.31. The van der Waals surface area contributed by atoms with E-state index in [9.17, 15) is 14.0 Å². The van der Waals surface area contributed by atoms with Crippen LogP contribution in [0.15, 0.2) is 36.4 Å². The van der Waals surface area contributed by atoms with E-state index in [0.29, 0.717) is 26.5 Å². The monoisotopic (exact) mass is 466 g/mol. The number of rotatable bonds is 8. The van der Waals surface area contributed by atoms with E-state index in [1.54, 1.807) is 32.0 Å². The summed E-state index contributed by atoms with van der Waals surface area (Å²) in [6.45, 7) is 3.92. The second kappa shape index (κ2) is 10.1. The summed E-state index contributed by atoms with van der Waals surface area (Å²) >= 11 is 8.53. The van der Waals surface area contributed by atoms with Gasteiger partial charge in [0.15, 0.2) is 5.13 Å². The smallest absolute Gasteiger partial charge is 0.350 e. The van der Waals surface area contributed by atoms with Crippen LogP contribution >= 0.6 is 34.3 Å². The van der Waals surface area contributed by atoms with Gasteiger partial charge in [0.1, 0.15) is 10.7 Å². The van der Waals surface area contributed by atoms with Gasteiger partial charge in [0.25, 0.3) is 0 Å². The third kappa shape index (κ3) is 5.65. The lowest BCUT2D eigenvalue weighted by Crippen LogP contribution is -2.30. The minimum absolute atomic E-state index is 0.145. The van der Waals surface area contributed by atoms with Gasteiger partial charge in [-0.2, -0.15) is 0 Å². The summed E-state index contributed by atoms with van der Waals surface area (Å²) in [5.41, 5.74) is 1.27. The van der Waals surface area contributed by atoms with Crippen LogP contribution < -0.4 is 4.90 Å². The number of anilines is 1. The topological polar surface area (TPSA) is 59.5 Å². The average molecular weight is 467 g/mol. The molecule has 30 heavy (non-hydrogen) atoms. The number of benzene rings is 1. The lowest BCUT2D eigenvalue weighted by Gasteiger charge is -2.20. The predicted molar refractivity (Wildman–Crippen MR) is 118 cm³/mol. The number of aryl methyl sites for hydroxylation is 2. The second-order valence-corrected chi connectivity index (χ2v) is 9.22. The summed E-state index contributed by atoms with van der Waals surface area (Å²) in [7, 11) is 0. The van der Waals surface area contributed by atoms with E-state index in [1.165, 1.54) is 28.4 Å². The van der Waals surface area contributed by atoms with Crippen LogP contribution in [0.25, 0.3) is 0 Å². The number of aromatic nitrogens is 1. The van der Waals surface area contributed by atoms with Crippen molar-refractivity contribution in [2.24, 2.45) is 0 Å². The third-order valence-electron chi connectivity index (χ3n) is 4.25. The number of carbonyl (C=O) groups excluding carboxylic acids is 2. The normalized spacial score (nSPS) is 10.8. The first-order valence-corrected chi connectivity index (χ1v) is 11.3. The van der Waals surface area contributed by atoms with Crippen LogP contribution in [-0.4, -0.2) is 23.5 Å². The molecule has 0 atom stereocenters. The fraction of sp³-hybridized carbons (Fsp3) is 0.286. The van der Waals surface area contributed by atoms with E-state index in [0.717, 1.165) is 21.8 Å². The Bertz CT molecular complexity index is 1030. The van der Waals surface area contributed by atoms with E-state index in [4.69, 9.17) is 16.3 Å². The number of amides is 1. The number of thiazole rings is 1. The molecular weight excluding hydrogens is 447 g/mol. The van der Waals surface area contributed by atoms with E-state index in [-0.39, 0.29) is 31.3 Å². The van der Waals surface area contributed by atoms with Crippen LogP contribution in [-0.2, 0) is 22.5 Å². The molecular formula is C21H20ClFN2O3S2. The molecule has 3 aromatic rings. The quantitative estimate of drug-likeness (QED) is 0.402. The van der Waals surface area contributed by atoms with Crippen LogP contribution in [0.1, 0.15) is 39.2 Å². The van der Waals surface area contributed by atoms with Crippen LogP contribution in [0.5, 0.6) is 0 Å². The van der Waals surface area contributed by atoms with E-state index >= 15 is 0 Å². The highest BCUT2D eigenvalue weighted by Gasteiger charge is 2.24. The molecule has 0 unspecified atom stereocenters. The van der Waals surface area contributed by atoms with E-state index < -0.39 is 5.97 Å². The Labute approximate surface area is 187 Å². The maximum Gasteiger partial charge on any atom is 0.350 e. The molecule has 5 nitrogen and oxygen atoms in total. The van der Waals surface area contributed by atoms with Crippen LogP contribution in [0, 0.1) is 12.7 Å².